The predicted molar refractivity (Wildman–Crippen MR) is 111 cm³/mol. The molecule has 0 saturated carbocycles. The Morgan fingerprint density at radius 2 is 1.57 bits per heavy atom. The van der Waals surface area contributed by atoms with Crippen LogP contribution in [-0.4, -0.2) is 11.8 Å². The van der Waals surface area contributed by atoms with Gasteiger partial charge in [-0.3, -0.25) is 9.59 Å². The Hall–Kier alpha value is -3.12. The number of amides is 2. The Bertz CT molecular complexity index is 962. The minimum Gasteiger partial charge on any atom is -0.326 e. The third-order valence-electron chi connectivity index (χ3n) is 3.86. The molecule has 0 spiro atoms. The number of hydrogen-bond donors (Lipinski definition) is 2. The molecule has 1 atom stereocenters. The van der Waals surface area contributed by atoms with Crippen LogP contribution in [0, 0.1) is 5.82 Å². The van der Waals surface area contributed by atoms with Crippen molar-refractivity contribution in [3.63, 3.8) is 0 Å². The minimum atomic E-state index is -0.515. The molecule has 0 radical (unpaired) electrons. The van der Waals surface area contributed by atoms with Gasteiger partial charge in [-0.15, -0.1) is 11.8 Å². The SMILES string of the molecule is CC(=O)Nc1cccc(SC(C(=O)Nc2ccc(F)cc2)c2ccccc2)c1. The standard InChI is InChI=1S/C22H19FN2O2S/c1-15(26)24-19-8-5-9-20(14-19)28-21(16-6-3-2-4-7-16)22(27)25-18-12-10-17(23)11-13-18/h2-14,21H,1H3,(H,24,26)(H,25,27). The third kappa shape index (κ3) is 5.44. The lowest BCUT2D eigenvalue weighted by Gasteiger charge is -2.17. The van der Waals surface area contributed by atoms with Gasteiger partial charge in [0, 0.05) is 23.2 Å². The Labute approximate surface area is 167 Å². The molecule has 6 heteroatoms. The summed E-state index contributed by atoms with van der Waals surface area (Å²) in [6, 6.07) is 22.4. The van der Waals surface area contributed by atoms with Crippen LogP contribution in [0.25, 0.3) is 0 Å². The van der Waals surface area contributed by atoms with Crippen molar-refractivity contribution in [2.75, 3.05) is 10.6 Å². The second-order valence-corrected chi connectivity index (χ2v) is 7.29. The van der Waals surface area contributed by atoms with Gasteiger partial charge in [-0.25, -0.2) is 4.39 Å². The second-order valence-electron chi connectivity index (χ2n) is 6.11. The number of nitrogens with one attached hydrogen (secondary N) is 2. The highest BCUT2D eigenvalue weighted by Crippen LogP contribution is 2.37. The number of benzene rings is 3. The van der Waals surface area contributed by atoms with E-state index in [1.54, 1.807) is 6.07 Å². The van der Waals surface area contributed by atoms with Crippen molar-refractivity contribution in [3.8, 4) is 0 Å². The van der Waals surface area contributed by atoms with Gasteiger partial charge in [0.2, 0.25) is 11.8 Å². The van der Waals surface area contributed by atoms with Crippen LogP contribution < -0.4 is 10.6 Å². The van der Waals surface area contributed by atoms with E-state index in [0.717, 1.165) is 10.5 Å². The van der Waals surface area contributed by atoms with Crippen LogP contribution in [-0.2, 0) is 9.59 Å². The molecule has 142 valence electrons. The van der Waals surface area contributed by atoms with E-state index >= 15 is 0 Å². The molecular formula is C22H19FN2O2S. The molecule has 3 aromatic carbocycles. The molecule has 3 aromatic rings. The largest absolute Gasteiger partial charge is 0.326 e. The quantitative estimate of drug-likeness (QED) is 0.561. The fraction of sp³-hybridized carbons (Fsp3) is 0.0909. The van der Waals surface area contributed by atoms with Crippen molar-refractivity contribution in [3.05, 3.63) is 90.2 Å². The maximum atomic E-state index is 13.1. The van der Waals surface area contributed by atoms with E-state index in [-0.39, 0.29) is 17.6 Å². The Morgan fingerprint density at radius 1 is 0.857 bits per heavy atom. The predicted octanol–water partition coefficient (Wildman–Crippen LogP) is 5.26. The van der Waals surface area contributed by atoms with E-state index in [0.29, 0.717) is 11.4 Å². The van der Waals surface area contributed by atoms with Crippen LogP contribution in [0.3, 0.4) is 0 Å². The molecule has 4 nitrogen and oxygen atoms in total. The zero-order chi connectivity index (χ0) is 19.9. The summed E-state index contributed by atoms with van der Waals surface area (Å²) in [4.78, 5) is 25.1. The van der Waals surface area contributed by atoms with Gasteiger partial charge in [0.15, 0.2) is 0 Å². The van der Waals surface area contributed by atoms with Crippen molar-refractivity contribution in [1.29, 1.82) is 0 Å². The highest BCUT2D eigenvalue weighted by molar-refractivity contribution is 8.00. The average molecular weight is 394 g/mol. The van der Waals surface area contributed by atoms with Crippen LogP contribution in [0.2, 0.25) is 0 Å². The maximum Gasteiger partial charge on any atom is 0.242 e. The molecule has 0 aliphatic rings. The maximum absolute atomic E-state index is 13.1. The van der Waals surface area contributed by atoms with E-state index in [1.165, 1.54) is 43.0 Å². The average Bonchev–Trinajstić information content (AvgIpc) is 2.68. The fourth-order valence-electron chi connectivity index (χ4n) is 2.63. The zero-order valence-electron chi connectivity index (χ0n) is 15.2. The molecule has 28 heavy (non-hydrogen) atoms. The molecule has 2 N–H and O–H groups in total. The van der Waals surface area contributed by atoms with Crippen molar-refractivity contribution in [2.45, 2.75) is 17.1 Å². The van der Waals surface area contributed by atoms with Crippen LogP contribution >= 0.6 is 11.8 Å². The van der Waals surface area contributed by atoms with Crippen LogP contribution in [0.15, 0.2) is 83.8 Å². The molecular weight excluding hydrogens is 375 g/mol. The van der Waals surface area contributed by atoms with E-state index in [4.69, 9.17) is 0 Å². The Kier molecular flexibility index (Phi) is 6.45. The van der Waals surface area contributed by atoms with Gasteiger partial charge in [-0.05, 0) is 48.0 Å². The topological polar surface area (TPSA) is 58.2 Å². The monoisotopic (exact) mass is 394 g/mol. The van der Waals surface area contributed by atoms with Crippen LogP contribution in [0.4, 0.5) is 15.8 Å². The lowest BCUT2D eigenvalue weighted by Crippen LogP contribution is -2.19. The highest BCUT2D eigenvalue weighted by Gasteiger charge is 2.22. The molecule has 1 unspecified atom stereocenters. The summed E-state index contributed by atoms with van der Waals surface area (Å²) in [6.45, 7) is 1.45. The number of halogens is 1. The zero-order valence-corrected chi connectivity index (χ0v) is 16.0. The van der Waals surface area contributed by atoms with Gasteiger partial charge in [0.05, 0.1) is 0 Å². The highest BCUT2D eigenvalue weighted by atomic mass is 32.2. The number of anilines is 2. The molecule has 3 rings (SSSR count). The molecule has 0 saturated heterocycles. The van der Waals surface area contributed by atoms with E-state index in [1.807, 2.05) is 48.5 Å². The molecule has 0 fully saturated rings. The van der Waals surface area contributed by atoms with E-state index < -0.39 is 5.25 Å². The van der Waals surface area contributed by atoms with Gasteiger partial charge in [0.1, 0.15) is 11.1 Å². The van der Waals surface area contributed by atoms with Gasteiger partial charge in [-0.1, -0.05) is 36.4 Å². The Balaban J connectivity index is 1.84. The molecule has 0 bridgehead atoms. The third-order valence-corrected chi connectivity index (χ3v) is 5.11. The minimum absolute atomic E-state index is 0.157. The molecule has 0 aliphatic carbocycles. The summed E-state index contributed by atoms with van der Waals surface area (Å²) in [5.74, 6) is -0.731. The lowest BCUT2D eigenvalue weighted by atomic mass is 10.1. The summed E-state index contributed by atoms with van der Waals surface area (Å²) in [7, 11) is 0. The number of carbonyl (C=O) groups excluding carboxylic acids is 2. The summed E-state index contributed by atoms with van der Waals surface area (Å²) < 4.78 is 13.1. The van der Waals surface area contributed by atoms with Crippen LogP contribution in [0.1, 0.15) is 17.7 Å². The van der Waals surface area contributed by atoms with Crippen LogP contribution in [0.5, 0.6) is 0 Å². The summed E-state index contributed by atoms with van der Waals surface area (Å²) >= 11 is 1.38. The molecule has 0 heterocycles. The first-order valence-corrected chi connectivity index (χ1v) is 9.55. The second kappa shape index (κ2) is 9.19. The van der Waals surface area contributed by atoms with Crippen molar-refractivity contribution >= 4 is 35.0 Å². The van der Waals surface area contributed by atoms with Crippen molar-refractivity contribution in [1.82, 2.24) is 0 Å². The number of hydrogen-bond acceptors (Lipinski definition) is 3. The van der Waals surface area contributed by atoms with Crippen molar-refractivity contribution in [2.24, 2.45) is 0 Å². The lowest BCUT2D eigenvalue weighted by molar-refractivity contribution is -0.116. The number of thioether (sulfide) groups is 1. The molecule has 2 amide bonds. The first kappa shape index (κ1) is 19.6. The smallest absolute Gasteiger partial charge is 0.242 e. The number of carbonyl (C=O) groups is 2. The summed E-state index contributed by atoms with van der Waals surface area (Å²) in [5, 5.41) is 5.07. The van der Waals surface area contributed by atoms with Gasteiger partial charge in [0.25, 0.3) is 0 Å². The number of rotatable bonds is 6. The normalized spacial score (nSPS) is 11.5. The first-order chi connectivity index (χ1) is 13.5. The van der Waals surface area contributed by atoms with Gasteiger partial charge < -0.3 is 10.6 Å². The van der Waals surface area contributed by atoms with Gasteiger partial charge in [-0.2, -0.15) is 0 Å². The van der Waals surface area contributed by atoms with Crippen molar-refractivity contribution < 1.29 is 14.0 Å². The molecule has 0 aliphatic heterocycles. The summed E-state index contributed by atoms with van der Waals surface area (Å²) in [5.41, 5.74) is 2.04. The fourth-order valence-corrected chi connectivity index (χ4v) is 3.71. The Morgan fingerprint density at radius 3 is 2.25 bits per heavy atom. The van der Waals surface area contributed by atoms with Gasteiger partial charge >= 0.3 is 0 Å². The summed E-state index contributed by atoms with van der Waals surface area (Å²) in [6.07, 6.45) is 0. The van der Waals surface area contributed by atoms with E-state index in [9.17, 15) is 14.0 Å². The first-order valence-electron chi connectivity index (χ1n) is 8.67. The molecule has 0 aromatic heterocycles. The van der Waals surface area contributed by atoms with E-state index in [2.05, 4.69) is 10.6 Å².